The summed E-state index contributed by atoms with van der Waals surface area (Å²) in [6.07, 6.45) is 0. The van der Waals surface area contributed by atoms with E-state index in [-0.39, 0.29) is 5.91 Å². The van der Waals surface area contributed by atoms with Crippen molar-refractivity contribution in [2.45, 2.75) is 6.92 Å². The maximum absolute atomic E-state index is 12.5. The second-order valence-electron chi connectivity index (χ2n) is 5.30. The van der Waals surface area contributed by atoms with Crippen LogP contribution in [0.2, 0.25) is 0 Å². The molecule has 3 rings (SSSR count). The molecule has 1 N–H and O–H groups in total. The van der Waals surface area contributed by atoms with Crippen molar-refractivity contribution in [2.75, 3.05) is 25.6 Å². The minimum absolute atomic E-state index is 0.339. The molecule has 0 aliphatic carbocycles. The van der Waals surface area contributed by atoms with Crippen molar-refractivity contribution in [1.29, 1.82) is 0 Å². The number of benzene rings is 2. The summed E-state index contributed by atoms with van der Waals surface area (Å²) in [6.45, 7) is 2.72. The Morgan fingerprint density at radius 2 is 1.83 bits per heavy atom. The van der Waals surface area contributed by atoms with Crippen molar-refractivity contribution in [3.63, 3.8) is 0 Å². The number of esters is 1. The van der Waals surface area contributed by atoms with E-state index < -0.39 is 5.97 Å². The molecule has 6 heteroatoms. The highest BCUT2D eigenvalue weighted by molar-refractivity contribution is 6.08. The van der Waals surface area contributed by atoms with Crippen LogP contribution < -0.4 is 14.8 Å². The van der Waals surface area contributed by atoms with Crippen LogP contribution in [0.1, 0.15) is 26.3 Å². The maximum Gasteiger partial charge on any atom is 0.340 e. The van der Waals surface area contributed by atoms with Gasteiger partial charge in [-0.1, -0.05) is 12.1 Å². The topological polar surface area (TPSA) is 73.9 Å². The minimum Gasteiger partial charge on any atom is -0.486 e. The molecule has 0 unspecified atom stereocenters. The van der Waals surface area contributed by atoms with Crippen LogP contribution in [0.4, 0.5) is 5.69 Å². The standard InChI is InChI=1S/C18H17NO5/c1-11-4-3-5-13(16(11)18(21)22-2)19-17(20)12-6-7-14-15(10-12)24-9-8-23-14/h3-7,10H,8-9H2,1-2H3,(H,19,20). The molecular weight excluding hydrogens is 310 g/mol. The first-order valence-corrected chi connectivity index (χ1v) is 7.49. The van der Waals surface area contributed by atoms with Gasteiger partial charge in [-0.15, -0.1) is 0 Å². The van der Waals surface area contributed by atoms with E-state index in [9.17, 15) is 9.59 Å². The normalized spacial score (nSPS) is 12.4. The lowest BCUT2D eigenvalue weighted by Gasteiger charge is -2.19. The van der Waals surface area contributed by atoms with Gasteiger partial charge in [-0.25, -0.2) is 4.79 Å². The van der Waals surface area contributed by atoms with E-state index in [2.05, 4.69) is 5.32 Å². The number of carbonyl (C=O) groups excluding carboxylic acids is 2. The molecule has 1 amide bonds. The summed E-state index contributed by atoms with van der Waals surface area (Å²) < 4.78 is 15.7. The van der Waals surface area contributed by atoms with Gasteiger partial charge in [-0.05, 0) is 36.8 Å². The highest BCUT2D eigenvalue weighted by Crippen LogP contribution is 2.31. The van der Waals surface area contributed by atoms with E-state index >= 15 is 0 Å². The minimum atomic E-state index is -0.495. The smallest absolute Gasteiger partial charge is 0.340 e. The molecule has 0 bridgehead atoms. The number of rotatable bonds is 3. The first-order valence-electron chi connectivity index (χ1n) is 7.49. The fraction of sp³-hybridized carbons (Fsp3) is 0.222. The third kappa shape index (κ3) is 3.03. The lowest BCUT2D eigenvalue weighted by Crippen LogP contribution is -2.18. The summed E-state index contributed by atoms with van der Waals surface area (Å²) in [4.78, 5) is 24.5. The van der Waals surface area contributed by atoms with E-state index in [0.717, 1.165) is 5.56 Å². The van der Waals surface area contributed by atoms with Crippen LogP contribution in [-0.4, -0.2) is 32.2 Å². The molecule has 124 valence electrons. The predicted octanol–water partition coefficient (Wildman–Crippen LogP) is 2.81. The lowest BCUT2D eigenvalue weighted by molar-refractivity contribution is 0.0601. The largest absolute Gasteiger partial charge is 0.486 e. The second-order valence-corrected chi connectivity index (χ2v) is 5.30. The van der Waals surface area contributed by atoms with Gasteiger partial charge in [0.25, 0.3) is 5.91 Å². The molecule has 0 fully saturated rings. The Kier molecular flexibility index (Phi) is 4.37. The number of methoxy groups -OCH3 is 1. The number of nitrogens with one attached hydrogen (secondary N) is 1. The van der Waals surface area contributed by atoms with Crippen molar-refractivity contribution < 1.29 is 23.8 Å². The van der Waals surface area contributed by atoms with Gasteiger partial charge in [-0.2, -0.15) is 0 Å². The number of amides is 1. The Labute approximate surface area is 139 Å². The highest BCUT2D eigenvalue weighted by Gasteiger charge is 2.19. The van der Waals surface area contributed by atoms with Gasteiger partial charge in [0.2, 0.25) is 0 Å². The van der Waals surface area contributed by atoms with Crippen LogP contribution in [0.3, 0.4) is 0 Å². The van der Waals surface area contributed by atoms with E-state index in [1.54, 1.807) is 43.3 Å². The summed E-state index contributed by atoms with van der Waals surface area (Å²) in [5.41, 5.74) is 1.88. The van der Waals surface area contributed by atoms with Crippen LogP contribution in [-0.2, 0) is 4.74 Å². The van der Waals surface area contributed by atoms with Crippen LogP contribution in [0.25, 0.3) is 0 Å². The number of hydrogen-bond acceptors (Lipinski definition) is 5. The first kappa shape index (κ1) is 15.9. The van der Waals surface area contributed by atoms with Gasteiger partial charge in [-0.3, -0.25) is 4.79 Å². The number of anilines is 1. The average molecular weight is 327 g/mol. The fourth-order valence-corrected chi connectivity index (χ4v) is 2.52. The molecule has 1 aliphatic rings. The maximum atomic E-state index is 12.5. The Morgan fingerprint density at radius 3 is 2.58 bits per heavy atom. The van der Waals surface area contributed by atoms with E-state index in [4.69, 9.17) is 14.2 Å². The summed E-state index contributed by atoms with van der Waals surface area (Å²) in [6, 6.07) is 10.2. The highest BCUT2D eigenvalue weighted by atomic mass is 16.6. The Bertz CT molecular complexity index is 800. The Morgan fingerprint density at radius 1 is 1.08 bits per heavy atom. The molecule has 0 aromatic heterocycles. The summed E-state index contributed by atoms with van der Waals surface area (Å²) in [5.74, 6) is 0.309. The monoisotopic (exact) mass is 327 g/mol. The quantitative estimate of drug-likeness (QED) is 0.878. The van der Waals surface area contributed by atoms with Gasteiger partial charge in [0.1, 0.15) is 13.2 Å². The van der Waals surface area contributed by atoms with Crippen molar-refractivity contribution in [2.24, 2.45) is 0 Å². The molecule has 0 saturated heterocycles. The first-order chi connectivity index (χ1) is 11.6. The van der Waals surface area contributed by atoms with Crippen LogP contribution >= 0.6 is 0 Å². The summed E-state index contributed by atoms with van der Waals surface area (Å²) in [7, 11) is 1.31. The Balaban J connectivity index is 1.88. The van der Waals surface area contributed by atoms with Crippen molar-refractivity contribution >= 4 is 17.6 Å². The molecule has 24 heavy (non-hydrogen) atoms. The second kappa shape index (κ2) is 6.62. The third-order valence-electron chi connectivity index (χ3n) is 3.71. The number of aryl methyl sites for hydroxylation is 1. The molecule has 0 spiro atoms. The molecule has 0 radical (unpaired) electrons. The zero-order valence-electron chi connectivity index (χ0n) is 13.4. The van der Waals surface area contributed by atoms with Gasteiger partial charge >= 0.3 is 5.97 Å². The van der Waals surface area contributed by atoms with Crippen molar-refractivity contribution in [3.8, 4) is 11.5 Å². The predicted molar refractivity (Wildman–Crippen MR) is 87.9 cm³/mol. The lowest BCUT2D eigenvalue weighted by atomic mass is 10.1. The number of carbonyl (C=O) groups is 2. The van der Waals surface area contributed by atoms with E-state index in [1.807, 2.05) is 0 Å². The fourth-order valence-electron chi connectivity index (χ4n) is 2.52. The molecule has 2 aromatic carbocycles. The molecule has 1 aliphatic heterocycles. The molecule has 2 aromatic rings. The van der Waals surface area contributed by atoms with E-state index in [0.29, 0.717) is 41.5 Å². The summed E-state index contributed by atoms with van der Waals surface area (Å²) >= 11 is 0. The average Bonchev–Trinajstić information content (AvgIpc) is 2.61. The zero-order chi connectivity index (χ0) is 17.1. The number of ether oxygens (including phenoxy) is 3. The zero-order valence-corrected chi connectivity index (χ0v) is 13.4. The van der Waals surface area contributed by atoms with Crippen LogP contribution in [0.5, 0.6) is 11.5 Å². The molecule has 0 atom stereocenters. The number of fused-ring (bicyclic) bond motifs is 1. The van der Waals surface area contributed by atoms with Crippen LogP contribution in [0.15, 0.2) is 36.4 Å². The third-order valence-corrected chi connectivity index (χ3v) is 3.71. The molecule has 0 saturated carbocycles. The van der Waals surface area contributed by atoms with Gasteiger partial charge < -0.3 is 19.5 Å². The molecule has 6 nitrogen and oxygen atoms in total. The molecule has 1 heterocycles. The van der Waals surface area contributed by atoms with Gasteiger partial charge in [0.15, 0.2) is 11.5 Å². The number of hydrogen-bond donors (Lipinski definition) is 1. The molecular formula is C18H17NO5. The Hall–Kier alpha value is -3.02. The van der Waals surface area contributed by atoms with Crippen molar-refractivity contribution in [3.05, 3.63) is 53.1 Å². The summed E-state index contributed by atoms with van der Waals surface area (Å²) in [5, 5.41) is 2.75. The van der Waals surface area contributed by atoms with Gasteiger partial charge in [0.05, 0.1) is 18.4 Å². The van der Waals surface area contributed by atoms with Gasteiger partial charge in [0, 0.05) is 5.56 Å². The van der Waals surface area contributed by atoms with Crippen molar-refractivity contribution in [1.82, 2.24) is 0 Å². The van der Waals surface area contributed by atoms with Crippen LogP contribution in [0, 0.1) is 6.92 Å². The van der Waals surface area contributed by atoms with E-state index in [1.165, 1.54) is 7.11 Å². The SMILES string of the molecule is COC(=O)c1c(C)cccc1NC(=O)c1ccc2c(c1)OCCO2.